The van der Waals surface area contributed by atoms with Gasteiger partial charge in [-0.1, -0.05) is 11.6 Å². The molecule has 0 bridgehead atoms. The molecule has 1 atom stereocenters. The third-order valence-corrected chi connectivity index (χ3v) is 4.22. The van der Waals surface area contributed by atoms with Crippen molar-refractivity contribution < 1.29 is 9.53 Å². The predicted octanol–water partition coefficient (Wildman–Crippen LogP) is 2.47. The molecule has 7 nitrogen and oxygen atoms in total. The third kappa shape index (κ3) is 4.50. The zero-order valence-corrected chi connectivity index (χ0v) is 16.4. The second-order valence-electron chi connectivity index (χ2n) is 6.46. The molecule has 1 N–H and O–H groups in total. The summed E-state index contributed by atoms with van der Waals surface area (Å²) in [7, 11) is 0. The van der Waals surface area contributed by atoms with Gasteiger partial charge in [0.1, 0.15) is 10.6 Å². The van der Waals surface area contributed by atoms with E-state index >= 15 is 0 Å². The van der Waals surface area contributed by atoms with Crippen molar-refractivity contribution in [2.24, 2.45) is 0 Å². The van der Waals surface area contributed by atoms with Crippen LogP contribution in [0, 0.1) is 3.83 Å². The maximum Gasteiger partial charge on any atom is 0.410 e. The first-order valence-electron chi connectivity index (χ1n) is 7.28. The standard InChI is InChI=1S/C14H20ClIN4O3/c1-8-7-19(13(22)23-14(2,3)4)5-6-20(8)10-9(15)11(21)18-12(16)17-10/h8H,5-7H2,1-4H3,(H,17,18,21)/t8-/m0/s1. The van der Waals surface area contributed by atoms with Crippen LogP contribution in [0.15, 0.2) is 4.79 Å². The van der Waals surface area contributed by atoms with Gasteiger partial charge in [-0.15, -0.1) is 0 Å². The summed E-state index contributed by atoms with van der Waals surface area (Å²) in [6.45, 7) is 8.98. The van der Waals surface area contributed by atoms with E-state index in [1.54, 1.807) is 4.90 Å². The van der Waals surface area contributed by atoms with Gasteiger partial charge in [-0.05, 0) is 50.3 Å². The second-order valence-corrected chi connectivity index (χ2v) is 7.86. The molecule has 0 radical (unpaired) electrons. The molecule has 23 heavy (non-hydrogen) atoms. The minimum Gasteiger partial charge on any atom is -0.444 e. The Kier molecular flexibility index (Phi) is 5.44. The number of rotatable bonds is 1. The van der Waals surface area contributed by atoms with E-state index in [-0.39, 0.29) is 22.7 Å². The van der Waals surface area contributed by atoms with E-state index in [0.717, 1.165) is 0 Å². The van der Waals surface area contributed by atoms with Gasteiger partial charge >= 0.3 is 6.09 Å². The molecular weight excluding hydrogens is 435 g/mol. The van der Waals surface area contributed by atoms with Crippen LogP contribution in [0.1, 0.15) is 27.7 Å². The van der Waals surface area contributed by atoms with Crippen molar-refractivity contribution in [1.82, 2.24) is 14.9 Å². The number of carbonyl (C=O) groups is 1. The number of H-pyrrole nitrogens is 1. The maximum atomic E-state index is 12.2. The summed E-state index contributed by atoms with van der Waals surface area (Å²) in [6.07, 6.45) is -0.330. The van der Waals surface area contributed by atoms with Gasteiger partial charge in [-0.3, -0.25) is 4.79 Å². The number of nitrogens with zero attached hydrogens (tertiary/aromatic N) is 3. The normalized spacial score (nSPS) is 19.0. The Morgan fingerprint density at radius 3 is 2.65 bits per heavy atom. The number of halogens is 2. The second kappa shape index (κ2) is 6.84. The Labute approximate surface area is 153 Å². The van der Waals surface area contributed by atoms with Gasteiger partial charge in [0.15, 0.2) is 9.65 Å². The fraction of sp³-hybridized carbons (Fsp3) is 0.643. The summed E-state index contributed by atoms with van der Waals surface area (Å²) in [4.78, 5) is 34.5. The molecule has 128 valence electrons. The van der Waals surface area contributed by atoms with E-state index in [4.69, 9.17) is 16.3 Å². The van der Waals surface area contributed by atoms with Crippen LogP contribution in [0.25, 0.3) is 0 Å². The smallest absolute Gasteiger partial charge is 0.410 e. The first kappa shape index (κ1) is 18.3. The molecule has 2 heterocycles. The van der Waals surface area contributed by atoms with E-state index in [1.807, 2.05) is 55.2 Å². The molecule has 1 amide bonds. The van der Waals surface area contributed by atoms with Crippen molar-refractivity contribution >= 4 is 46.1 Å². The predicted molar refractivity (Wildman–Crippen MR) is 97.2 cm³/mol. The average molecular weight is 455 g/mol. The molecule has 0 spiro atoms. The van der Waals surface area contributed by atoms with Crippen molar-refractivity contribution in [3.05, 3.63) is 19.2 Å². The Balaban J connectivity index is 2.14. The Bertz CT molecular complexity index is 658. The number of aromatic nitrogens is 2. The average Bonchev–Trinajstić information content (AvgIpc) is 2.41. The molecule has 0 unspecified atom stereocenters. The zero-order valence-electron chi connectivity index (χ0n) is 13.5. The van der Waals surface area contributed by atoms with Crippen LogP contribution >= 0.6 is 34.2 Å². The number of hydrogen-bond donors (Lipinski definition) is 1. The van der Waals surface area contributed by atoms with Crippen molar-refractivity contribution in [3.63, 3.8) is 0 Å². The van der Waals surface area contributed by atoms with Crippen LogP contribution in [-0.4, -0.2) is 52.2 Å². The molecule has 1 fully saturated rings. The van der Waals surface area contributed by atoms with Crippen LogP contribution < -0.4 is 10.5 Å². The number of ether oxygens (including phenoxy) is 1. The minimum atomic E-state index is -0.523. The number of piperazine rings is 1. The monoisotopic (exact) mass is 454 g/mol. The van der Waals surface area contributed by atoms with Gasteiger partial charge < -0.3 is 19.5 Å². The number of carbonyl (C=O) groups excluding carboxylic acids is 1. The fourth-order valence-electron chi connectivity index (χ4n) is 2.37. The van der Waals surface area contributed by atoms with Crippen molar-refractivity contribution in [2.75, 3.05) is 24.5 Å². The first-order valence-corrected chi connectivity index (χ1v) is 8.74. The fourth-order valence-corrected chi connectivity index (χ4v) is 3.05. The molecule has 0 aliphatic carbocycles. The van der Waals surface area contributed by atoms with Gasteiger partial charge in [0.25, 0.3) is 5.56 Å². The molecule has 0 aromatic carbocycles. The van der Waals surface area contributed by atoms with E-state index in [2.05, 4.69) is 9.97 Å². The van der Waals surface area contributed by atoms with Crippen LogP contribution in [0.2, 0.25) is 5.02 Å². The summed E-state index contributed by atoms with van der Waals surface area (Å²) in [5.74, 6) is 0.455. The van der Waals surface area contributed by atoms with Gasteiger partial charge in [0.05, 0.1) is 0 Å². The van der Waals surface area contributed by atoms with Gasteiger partial charge in [0.2, 0.25) is 0 Å². The van der Waals surface area contributed by atoms with E-state index in [0.29, 0.717) is 29.3 Å². The Morgan fingerprint density at radius 1 is 1.43 bits per heavy atom. The van der Waals surface area contributed by atoms with Gasteiger partial charge in [-0.2, -0.15) is 0 Å². The van der Waals surface area contributed by atoms with E-state index < -0.39 is 5.60 Å². The summed E-state index contributed by atoms with van der Waals surface area (Å²) in [5.41, 5.74) is -0.881. The number of nitrogens with one attached hydrogen (secondary N) is 1. The van der Waals surface area contributed by atoms with Crippen LogP contribution in [0.5, 0.6) is 0 Å². The van der Waals surface area contributed by atoms with E-state index in [9.17, 15) is 9.59 Å². The topological polar surface area (TPSA) is 78.5 Å². The molecule has 1 aliphatic heterocycles. The molecule has 1 aliphatic rings. The lowest BCUT2D eigenvalue weighted by Crippen LogP contribution is -2.55. The van der Waals surface area contributed by atoms with Crippen LogP contribution in [-0.2, 0) is 4.74 Å². The summed E-state index contributed by atoms with van der Waals surface area (Å²) < 4.78 is 5.88. The highest BCUT2D eigenvalue weighted by atomic mass is 127. The lowest BCUT2D eigenvalue weighted by Gasteiger charge is -2.40. The SMILES string of the molecule is C[C@H]1CN(C(=O)OC(C)(C)C)CCN1c1nc(I)[nH]c(=O)c1Cl. The van der Waals surface area contributed by atoms with E-state index in [1.165, 1.54) is 0 Å². The summed E-state index contributed by atoms with van der Waals surface area (Å²) in [5, 5.41) is 0.0722. The first-order chi connectivity index (χ1) is 10.6. The zero-order chi connectivity index (χ0) is 17.4. The maximum absolute atomic E-state index is 12.2. The Morgan fingerprint density at radius 2 is 2.09 bits per heavy atom. The van der Waals surface area contributed by atoms with Crippen molar-refractivity contribution in [3.8, 4) is 0 Å². The molecular formula is C14H20ClIN4O3. The summed E-state index contributed by atoms with van der Waals surface area (Å²) in [6, 6.07) is -0.0288. The minimum absolute atomic E-state index is 0.0288. The highest BCUT2D eigenvalue weighted by Gasteiger charge is 2.31. The number of amides is 1. The van der Waals surface area contributed by atoms with Crippen LogP contribution in [0.3, 0.4) is 0 Å². The number of anilines is 1. The number of hydrogen-bond acceptors (Lipinski definition) is 5. The molecule has 0 saturated carbocycles. The molecule has 1 aromatic heterocycles. The highest BCUT2D eigenvalue weighted by molar-refractivity contribution is 14.1. The molecule has 1 aromatic rings. The quantitative estimate of drug-likeness (QED) is 0.521. The third-order valence-electron chi connectivity index (χ3n) is 3.37. The molecule has 1 saturated heterocycles. The lowest BCUT2D eigenvalue weighted by atomic mass is 10.2. The largest absolute Gasteiger partial charge is 0.444 e. The highest BCUT2D eigenvalue weighted by Crippen LogP contribution is 2.25. The molecule has 2 rings (SSSR count). The van der Waals surface area contributed by atoms with Crippen molar-refractivity contribution in [1.29, 1.82) is 0 Å². The lowest BCUT2D eigenvalue weighted by molar-refractivity contribution is 0.0218. The van der Waals surface area contributed by atoms with Crippen molar-refractivity contribution in [2.45, 2.75) is 39.3 Å². The Hall–Kier alpha value is -1.03. The van der Waals surface area contributed by atoms with Crippen LogP contribution in [0.4, 0.5) is 10.6 Å². The number of aromatic amines is 1. The van der Waals surface area contributed by atoms with Gasteiger partial charge in [-0.25, -0.2) is 9.78 Å². The van der Waals surface area contributed by atoms with Gasteiger partial charge in [0, 0.05) is 25.7 Å². The molecule has 9 heteroatoms. The summed E-state index contributed by atoms with van der Waals surface area (Å²) >= 11 is 8.04.